The van der Waals surface area contributed by atoms with Gasteiger partial charge in [0, 0.05) is 6.08 Å². The number of hydrogen-bond donors (Lipinski definition) is 0. The standard InChI is InChI=1S/C27H30O4/c1-6-17-30-25(29)20-9-7-8-10-23(20)31-24(28)14-12-19-11-13-21-22(18-19)27(4,5)16-15-26(21,2)3/h6-14,18H,1,15-17H2,2-5H3/b14-12+. The smallest absolute Gasteiger partial charge is 0.342 e. The fraction of sp³-hybridized carbons (Fsp3) is 0.333. The Morgan fingerprint density at radius 2 is 1.68 bits per heavy atom. The first-order valence-corrected chi connectivity index (χ1v) is 10.6. The maximum absolute atomic E-state index is 12.4. The van der Waals surface area contributed by atoms with Gasteiger partial charge in [0.15, 0.2) is 0 Å². The van der Waals surface area contributed by atoms with Crippen LogP contribution in [0.3, 0.4) is 0 Å². The van der Waals surface area contributed by atoms with E-state index in [-0.39, 0.29) is 28.7 Å². The number of carbonyl (C=O) groups excluding carboxylic acids is 2. The summed E-state index contributed by atoms with van der Waals surface area (Å²) in [6.07, 6.45) is 6.90. The molecule has 4 nitrogen and oxygen atoms in total. The van der Waals surface area contributed by atoms with E-state index in [1.54, 1.807) is 30.3 Å². The molecule has 2 aromatic rings. The molecule has 0 spiro atoms. The van der Waals surface area contributed by atoms with Crippen LogP contribution >= 0.6 is 0 Å². The normalized spacial score (nSPS) is 16.4. The number of ether oxygens (including phenoxy) is 2. The number of para-hydroxylation sites is 1. The molecule has 0 fully saturated rings. The van der Waals surface area contributed by atoms with E-state index in [1.165, 1.54) is 23.3 Å². The topological polar surface area (TPSA) is 52.6 Å². The van der Waals surface area contributed by atoms with Crippen molar-refractivity contribution in [3.63, 3.8) is 0 Å². The molecule has 0 bridgehead atoms. The summed E-state index contributed by atoms with van der Waals surface area (Å²) < 4.78 is 10.5. The predicted molar refractivity (Wildman–Crippen MR) is 123 cm³/mol. The summed E-state index contributed by atoms with van der Waals surface area (Å²) >= 11 is 0. The first-order valence-electron chi connectivity index (χ1n) is 10.6. The maximum atomic E-state index is 12.4. The molecule has 162 valence electrons. The first-order chi connectivity index (χ1) is 14.6. The van der Waals surface area contributed by atoms with Gasteiger partial charge in [-0.15, -0.1) is 0 Å². The van der Waals surface area contributed by atoms with Crippen molar-refractivity contribution >= 4 is 18.0 Å². The molecule has 0 radical (unpaired) electrons. The molecule has 0 aromatic heterocycles. The van der Waals surface area contributed by atoms with E-state index in [0.29, 0.717) is 0 Å². The van der Waals surface area contributed by atoms with Gasteiger partial charge in [-0.25, -0.2) is 9.59 Å². The van der Waals surface area contributed by atoms with Crippen LogP contribution in [0, 0.1) is 0 Å². The van der Waals surface area contributed by atoms with Crippen LogP contribution in [0.4, 0.5) is 0 Å². The highest BCUT2D eigenvalue weighted by molar-refractivity contribution is 5.95. The van der Waals surface area contributed by atoms with Gasteiger partial charge in [0.25, 0.3) is 0 Å². The largest absolute Gasteiger partial charge is 0.458 e. The molecule has 1 aliphatic rings. The molecule has 0 heterocycles. The summed E-state index contributed by atoms with van der Waals surface area (Å²) in [4.78, 5) is 24.6. The van der Waals surface area contributed by atoms with Crippen molar-refractivity contribution in [3.05, 3.63) is 83.4 Å². The minimum atomic E-state index is -0.563. The van der Waals surface area contributed by atoms with E-state index in [4.69, 9.17) is 9.47 Å². The molecule has 0 N–H and O–H groups in total. The summed E-state index contributed by atoms with van der Waals surface area (Å²) in [6, 6.07) is 12.9. The Balaban J connectivity index is 1.78. The van der Waals surface area contributed by atoms with Crippen LogP contribution in [0.25, 0.3) is 6.08 Å². The van der Waals surface area contributed by atoms with E-state index in [9.17, 15) is 9.59 Å². The zero-order valence-corrected chi connectivity index (χ0v) is 18.7. The fourth-order valence-electron chi connectivity index (χ4n) is 3.95. The number of rotatable bonds is 6. The third-order valence-electron chi connectivity index (χ3n) is 5.94. The highest BCUT2D eigenvalue weighted by Crippen LogP contribution is 2.45. The number of benzene rings is 2. The molecular weight excluding hydrogens is 388 g/mol. The molecule has 31 heavy (non-hydrogen) atoms. The van der Waals surface area contributed by atoms with E-state index >= 15 is 0 Å². The summed E-state index contributed by atoms with van der Waals surface area (Å²) in [7, 11) is 0. The highest BCUT2D eigenvalue weighted by Gasteiger charge is 2.36. The lowest BCUT2D eigenvalue weighted by Gasteiger charge is -2.42. The second kappa shape index (κ2) is 8.93. The third-order valence-corrected chi connectivity index (χ3v) is 5.94. The van der Waals surface area contributed by atoms with Crippen molar-refractivity contribution in [1.82, 2.24) is 0 Å². The van der Waals surface area contributed by atoms with E-state index in [1.807, 2.05) is 6.07 Å². The Kier molecular flexibility index (Phi) is 6.49. The average Bonchev–Trinajstić information content (AvgIpc) is 2.74. The summed E-state index contributed by atoms with van der Waals surface area (Å²) in [5.74, 6) is -0.951. The Hall–Kier alpha value is -3.14. The summed E-state index contributed by atoms with van der Waals surface area (Å²) in [5.41, 5.74) is 4.09. The van der Waals surface area contributed by atoms with Crippen molar-refractivity contribution in [2.24, 2.45) is 0 Å². The van der Waals surface area contributed by atoms with E-state index in [0.717, 1.165) is 18.4 Å². The first kappa shape index (κ1) is 22.5. The molecule has 1 aliphatic carbocycles. The van der Waals surface area contributed by atoms with Crippen LogP contribution in [-0.2, 0) is 20.4 Å². The van der Waals surface area contributed by atoms with Crippen LogP contribution in [-0.4, -0.2) is 18.5 Å². The van der Waals surface area contributed by atoms with E-state index < -0.39 is 11.9 Å². The SMILES string of the molecule is C=CCOC(=O)c1ccccc1OC(=O)/C=C/c1ccc2c(c1)C(C)(C)CCC2(C)C. The van der Waals surface area contributed by atoms with Crippen LogP contribution < -0.4 is 4.74 Å². The molecule has 0 saturated heterocycles. The molecule has 0 amide bonds. The second-order valence-corrected chi connectivity index (χ2v) is 9.21. The number of carbonyl (C=O) groups is 2. The van der Waals surface area contributed by atoms with Crippen molar-refractivity contribution in [3.8, 4) is 5.75 Å². The lowest BCUT2D eigenvalue weighted by molar-refractivity contribution is -0.128. The molecule has 0 saturated carbocycles. The zero-order chi connectivity index (χ0) is 22.6. The van der Waals surface area contributed by atoms with Gasteiger partial charge >= 0.3 is 11.9 Å². The number of fused-ring (bicyclic) bond motifs is 1. The highest BCUT2D eigenvalue weighted by atomic mass is 16.5. The van der Waals surface area contributed by atoms with Gasteiger partial charge in [-0.05, 0) is 58.6 Å². The third kappa shape index (κ3) is 5.13. The number of hydrogen-bond acceptors (Lipinski definition) is 4. The van der Waals surface area contributed by atoms with Crippen LogP contribution in [0.1, 0.15) is 67.6 Å². The van der Waals surface area contributed by atoms with Crippen LogP contribution in [0.5, 0.6) is 5.75 Å². The second-order valence-electron chi connectivity index (χ2n) is 9.21. The number of esters is 2. The molecule has 2 aromatic carbocycles. The van der Waals surface area contributed by atoms with Crippen molar-refractivity contribution in [2.75, 3.05) is 6.61 Å². The Morgan fingerprint density at radius 1 is 1.00 bits per heavy atom. The van der Waals surface area contributed by atoms with E-state index in [2.05, 4.69) is 46.4 Å². The summed E-state index contributed by atoms with van der Waals surface area (Å²) in [5, 5.41) is 0. The van der Waals surface area contributed by atoms with Gasteiger partial charge in [-0.2, -0.15) is 0 Å². The molecule has 4 heteroatoms. The van der Waals surface area contributed by atoms with Gasteiger partial charge < -0.3 is 9.47 Å². The maximum Gasteiger partial charge on any atom is 0.342 e. The van der Waals surface area contributed by atoms with Gasteiger partial charge in [-0.1, -0.05) is 70.7 Å². The van der Waals surface area contributed by atoms with Gasteiger partial charge in [0.05, 0.1) is 0 Å². The molecule has 3 rings (SSSR count). The van der Waals surface area contributed by atoms with Crippen LogP contribution in [0.2, 0.25) is 0 Å². The van der Waals surface area contributed by atoms with Gasteiger partial charge in [0.1, 0.15) is 17.9 Å². The lowest BCUT2D eigenvalue weighted by Crippen LogP contribution is -2.33. The Morgan fingerprint density at radius 3 is 2.39 bits per heavy atom. The van der Waals surface area contributed by atoms with Gasteiger partial charge in [-0.3, -0.25) is 0 Å². The summed E-state index contributed by atoms with van der Waals surface area (Å²) in [6.45, 7) is 12.7. The zero-order valence-electron chi connectivity index (χ0n) is 18.7. The molecule has 0 unspecified atom stereocenters. The monoisotopic (exact) mass is 418 g/mol. The fourth-order valence-corrected chi connectivity index (χ4v) is 3.95. The van der Waals surface area contributed by atoms with Crippen molar-refractivity contribution in [2.45, 2.75) is 51.4 Å². The van der Waals surface area contributed by atoms with Crippen molar-refractivity contribution < 1.29 is 19.1 Å². The molecule has 0 atom stereocenters. The van der Waals surface area contributed by atoms with Gasteiger partial charge in [0.2, 0.25) is 0 Å². The Bertz CT molecular complexity index is 1030. The minimum Gasteiger partial charge on any atom is -0.458 e. The molecule has 0 aliphatic heterocycles. The quantitative estimate of drug-likeness (QED) is 0.250. The van der Waals surface area contributed by atoms with Crippen LogP contribution in [0.15, 0.2) is 61.2 Å². The minimum absolute atomic E-state index is 0.0898. The predicted octanol–water partition coefficient (Wildman–Crippen LogP) is 6.00. The molecular formula is C27H30O4. The Labute approximate surface area is 184 Å². The lowest BCUT2D eigenvalue weighted by atomic mass is 9.63. The average molecular weight is 419 g/mol. The van der Waals surface area contributed by atoms with Crippen molar-refractivity contribution in [1.29, 1.82) is 0 Å².